The Morgan fingerprint density at radius 1 is 1.09 bits per heavy atom. The minimum Gasteiger partial charge on any atom is -0.342 e. The first-order valence-corrected chi connectivity index (χ1v) is 12.8. The Kier molecular flexibility index (Phi) is 6.05. The number of fused-ring (bicyclic) bond motifs is 2. The SMILES string of the molecule is CC(C)(C)[C@H]1CCc2c(sc(N=Cc3cn(Cc4ccc(C#N)cc4)c4ccccc34)c2C#N)C1. The highest BCUT2D eigenvalue weighted by atomic mass is 32.1. The molecule has 35 heavy (non-hydrogen) atoms. The van der Waals surface area contributed by atoms with E-state index in [1.807, 2.05) is 42.6 Å². The summed E-state index contributed by atoms with van der Waals surface area (Å²) in [5, 5.41) is 21.0. The summed E-state index contributed by atoms with van der Waals surface area (Å²) in [4.78, 5) is 6.19. The van der Waals surface area contributed by atoms with E-state index >= 15 is 0 Å². The van der Waals surface area contributed by atoms with Crippen LogP contribution in [0.1, 0.15) is 59.9 Å². The Morgan fingerprint density at radius 2 is 1.86 bits per heavy atom. The number of aromatic nitrogens is 1. The number of hydrogen-bond acceptors (Lipinski definition) is 4. The van der Waals surface area contributed by atoms with Gasteiger partial charge in [0, 0.05) is 40.3 Å². The number of thiophene rings is 1. The summed E-state index contributed by atoms with van der Waals surface area (Å²) < 4.78 is 2.22. The van der Waals surface area contributed by atoms with E-state index in [1.165, 1.54) is 10.4 Å². The van der Waals surface area contributed by atoms with Gasteiger partial charge in [0.05, 0.1) is 17.2 Å². The minimum atomic E-state index is 0.272. The van der Waals surface area contributed by atoms with Crippen LogP contribution in [0.3, 0.4) is 0 Å². The van der Waals surface area contributed by atoms with Gasteiger partial charge in [0.15, 0.2) is 0 Å². The molecule has 4 aromatic rings. The van der Waals surface area contributed by atoms with Crippen molar-refractivity contribution >= 4 is 33.5 Å². The largest absolute Gasteiger partial charge is 0.342 e. The van der Waals surface area contributed by atoms with Crippen molar-refractivity contribution in [2.45, 2.75) is 46.6 Å². The molecular formula is C30H28N4S. The lowest BCUT2D eigenvalue weighted by Gasteiger charge is -2.33. The molecule has 2 heterocycles. The normalized spacial score (nSPS) is 15.7. The van der Waals surface area contributed by atoms with Crippen LogP contribution >= 0.6 is 11.3 Å². The third kappa shape index (κ3) is 4.53. The van der Waals surface area contributed by atoms with Crippen LogP contribution in [-0.4, -0.2) is 10.8 Å². The van der Waals surface area contributed by atoms with Crippen molar-refractivity contribution in [2.24, 2.45) is 16.3 Å². The molecule has 0 aliphatic heterocycles. The van der Waals surface area contributed by atoms with Gasteiger partial charge in [0.25, 0.3) is 0 Å². The van der Waals surface area contributed by atoms with Crippen LogP contribution in [0.5, 0.6) is 0 Å². The first-order chi connectivity index (χ1) is 16.9. The second-order valence-corrected chi connectivity index (χ2v) is 11.5. The maximum atomic E-state index is 9.92. The summed E-state index contributed by atoms with van der Waals surface area (Å²) in [7, 11) is 0. The lowest BCUT2D eigenvalue weighted by atomic mass is 9.72. The maximum absolute atomic E-state index is 9.92. The van der Waals surface area contributed by atoms with E-state index in [4.69, 9.17) is 10.3 Å². The van der Waals surface area contributed by atoms with Gasteiger partial charge in [-0.05, 0) is 59.9 Å². The third-order valence-electron chi connectivity index (χ3n) is 7.16. The number of para-hydroxylation sites is 1. The zero-order chi connectivity index (χ0) is 24.6. The summed E-state index contributed by atoms with van der Waals surface area (Å²) in [6, 6.07) is 20.7. The van der Waals surface area contributed by atoms with E-state index in [0.717, 1.165) is 51.9 Å². The van der Waals surface area contributed by atoms with E-state index < -0.39 is 0 Å². The van der Waals surface area contributed by atoms with Crippen molar-refractivity contribution in [3.8, 4) is 12.1 Å². The molecule has 174 valence electrons. The molecule has 4 nitrogen and oxygen atoms in total. The second kappa shape index (κ2) is 9.17. The van der Waals surface area contributed by atoms with Gasteiger partial charge >= 0.3 is 0 Å². The van der Waals surface area contributed by atoms with Gasteiger partial charge in [-0.25, -0.2) is 4.99 Å². The molecule has 0 unspecified atom stereocenters. The van der Waals surface area contributed by atoms with Crippen molar-refractivity contribution in [2.75, 3.05) is 0 Å². The first kappa shape index (κ1) is 23.1. The number of nitrogens with zero attached hydrogens (tertiary/aromatic N) is 4. The van der Waals surface area contributed by atoms with Crippen LogP contribution in [0.15, 0.2) is 59.7 Å². The molecule has 1 aliphatic rings. The summed E-state index contributed by atoms with van der Waals surface area (Å²) in [6.07, 6.45) is 7.18. The molecule has 5 rings (SSSR count). The fourth-order valence-electron chi connectivity index (χ4n) is 5.04. The molecule has 0 saturated carbocycles. The third-order valence-corrected chi connectivity index (χ3v) is 8.32. The molecule has 1 aliphatic carbocycles. The van der Waals surface area contributed by atoms with E-state index in [1.54, 1.807) is 11.3 Å². The van der Waals surface area contributed by atoms with Gasteiger partial charge in [0.2, 0.25) is 0 Å². The van der Waals surface area contributed by atoms with Crippen molar-refractivity contribution in [3.05, 3.63) is 87.4 Å². The molecule has 1 atom stereocenters. The Balaban J connectivity index is 1.47. The first-order valence-electron chi connectivity index (χ1n) is 12.0. The van der Waals surface area contributed by atoms with Crippen LogP contribution in [0, 0.1) is 34.0 Å². The lowest BCUT2D eigenvalue weighted by molar-refractivity contribution is 0.218. The maximum Gasteiger partial charge on any atom is 0.134 e. The molecule has 2 aromatic carbocycles. The van der Waals surface area contributed by atoms with Crippen LogP contribution in [0.4, 0.5) is 5.00 Å². The standard InChI is InChI=1S/C30H28N4S/c1-30(2,3)23-12-13-25-26(16-32)29(35-28(25)14-23)33-17-22-19-34(27-7-5-4-6-24(22)27)18-21-10-8-20(15-31)9-11-21/h4-11,17,19,23H,12-14,18H2,1-3H3/t23-/m0/s1. The monoisotopic (exact) mass is 476 g/mol. The number of nitriles is 2. The molecule has 0 radical (unpaired) electrons. The van der Waals surface area contributed by atoms with Crippen molar-refractivity contribution in [1.29, 1.82) is 10.5 Å². The highest BCUT2D eigenvalue weighted by Gasteiger charge is 2.32. The van der Waals surface area contributed by atoms with Gasteiger partial charge in [-0.1, -0.05) is 51.1 Å². The predicted octanol–water partition coefficient (Wildman–Crippen LogP) is 7.40. The van der Waals surface area contributed by atoms with E-state index in [-0.39, 0.29) is 5.41 Å². The average Bonchev–Trinajstić information content (AvgIpc) is 3.39. The summed E-state index contributed by atoms with van der Waals surface area (Å²) >= 11 is 1.69. The number of rotatable bonds is 4. The van der Waals surface area contributed by atoms with E-state index in [9.17, 15) is 5.26 Å². The van der Waals surface area contributed by atoms with Crippen molar-refractivity contribution < 1.29 is 0 Å². The van der Waals surface area contributed by atoms with Gasteiger partial charge in [-0.2, -0.15) is 10.5 Å². The van der Waals surface area contributed by atoms with Crippen molar-refractivity contribution in [1.82, 2.24) is 4.57 Å². The molecular weight excluding hydrogens is 448 g/mol. The summed E-state index contributed by atoms with van der Waals surface area (Å²) in [5.41, 5.74) is 6.23. The predicted molar refractivity (Wildman–Crippen MR) is 143 cm³/mol. The van der Waals surface area contributed by atoms with Crippen LogP contribution in [0.2, 0.25) is 0 Å². The topological polar surface area (TPSA) is 64.9 Å². The smallest absolute Gasteiger partial charge is 0.134 e. The number of hydrogen-bond donors (Lipinski definition) is 0. The molecule has 0 amide bonds. The quantitative estimate of drug-likeness (QED) is 0.288. The highest BCUT2D eigenvalue weighted by molar-refractivity contribution is 7.16. The summed E-state index contributed by atoms with van der Waals surface area (Å²) in [5.74, 6) is 0.636. The fraction of sp³-hybridized carbons (Fsp3) is 0.300. The van der Waals surface area contributed by atoms with Gasteiger partial charge in [-0.3, -0.25) is 0 Å². The van der Waals surface area contributed by atoms with Crippen LogP contribution in [-0.2, 0) is 19.4 Å². The molecule has 0 fully saturated rings. The number of aliphatic imine (C=N–C) groups is 1. The molecule has 2 aromatic heterocycles. The molecule has 0 saturated heterocycles. The summed E-state index contributed by atoms with van der Waals surface area (Å²) in [6.45, 7) is 7.65. The van der Waals surface area contributed by atoms with Gasteiger partial charge < -0.3 is 4.57 Å². The van der Waals surface area contributed by atoms with Crippen LogP contribution in [0.25, 0.3) is 10.9 Å². The molecule has 0 bridgehead atoms. The molecule has 0 N–H and O–H groups in total. The van der Waals surface area contributed by atoms with Crippen molar-refractivity contribution in [3.63, 3.8) is 0 Å². The zero-order valence-electron chi connectivity index (χ0n) is 20.4. The van der Waals surface area contributed by atoms with Crippen LogP contribution < -0.4 is 0 Å². The zero-order valence-corrected chi connectivity index (χ0v) is 21.2. The highest BCUT2D eigenvalue weighted by Crippen LogP contribution is 2.45. The molecule has 5 heteroatoms. The average molecular weight is 477 g/mol. The second-order valence-electron chi connectivity index (χ2n) is 10.4. The Hall–Kier alpha value is -3.67. The van der Waals surface area contributed by atoms with E-state index in [2.05, 4.69) is 55.8 Å². The Labute approximate surface area is 210 Å². The lowest BCUT2D eigenvalue weighted by Crippen LogP contribution is -2.26. The molecule has 0 spiro atoms. The Bertz CT molecular complexity index is 1500. The number of benzene rings is 2. The van der Waals surface area contributed by atoms with Gasteiger partial charge in [0.1, 0.15) is 11.1 Å². The van der Waals surface area contributed by atoms with E-state index in [0.29, 0.717) is 18.0 Å². The van der Waals surface area contributed by atoms with Gasteiger partial charge in [-0.15, -0.1) is 11.3 Å². The minimum absolute atomic E-state index is 0.272. The Morgan fingerprint density at radius 3 is 2.57 bits per heavy atom. The fourth-order valence-corrected chi connectivity index (χ4v) is 6.26.